The van der Waals surface area contributed by atoms with Gasteiger partial charge in [-0.05, 0) is 41.5 Å². The minimum atomic E-state index is -0.147. The number of anilines is 1. The van der Waals surface area contributed by atoms with Gasteiger partial charge in [-0.25, -0.2) is 0 Å². The van der Waals surface area contributed by atoms with Gasteiger partial charge in [-0.1, -0.05) is 98.6 Å². The molecular weight excluding hydrogens is 540 g/mol. The van der Waals surface area contributed by atoms with Gasteiger partial charge in [0.15, 0.2) is 5.75 Å². The molecule has 7 rings (SSSR count). The molecule has 0 bridgehead atoms. The first-order valence-corrected chi connectivity index (χ1v) is 12.7. The molecule has 0 radical (unpaired) electrons. The summed E-state index contributed by atoms with van der Waals surface area (Å²) in [5.41, 5.74) is 4.80. The summed E-state index contributed by atoms with van der Waals surface area (Å²) in [5, 5.41) is 0. The van der Waals surface area contributed by atoms with E-state index in [1.165, 1.54) is 16.7 Å². The maximum Gasteiger partial charge on any atom is 0.150 e. The third kappa shape index (κ3) is 2.70. The third-order valence-corrected chi connectivity index (χ3v) is 8.62. The fraction of sp³-hybridized carbons (Fsp3) is 0.143. The smallest absolute Gasteiger partial charge is 0.150 e. The van der Waals surface area contributed by atoms with Crippen LogP contribution in [-0.2, 0) is 5.54 Å². The Hall–Kier alpha value is -2.60. The molecule has 0 saturated carbocycles. The van der Waals surface area contributed by atoms with Gasteiger partial charge in [0.2, 0.25) is 0 Å². The van der Waals surface area contributed by atoms with Crippen molar-refractivity contribution in [3.05, 3.63) is 123 Å². The van der Waals surface area contributed by atoms with Crippen molar-refractivity contribution in [3.8, 4) is 11.5 Å². The molecule has 0 N–H and O–H groups in total. The summed E-state index contributed by atoms with van der Waals surface area (Å²) in [6, 6.07) is 34.3. The highest BCUT2D eigenvalue weighted by Crippen LogP contribution is 2.69. The zero-order valence-corrected chi connectivity index (χ0v) is 20.8. The second-order valence-corrected chi connectivity index (χ2v) is 10.6. The number of ether oxygens (including phenoxy) is 1. The Morgan fingerprint density at radius 1 is 0.697 bits per heavy atom. The topological polar surface area (TPSA) is 15.5 Å². The van der Waals surface area contributed by atoms with Gasteiger partial charge in [-0.2, -0.15) is 0 Å². The fourth-order valence-electron chi connectivity index (χ4n) is 5.85. The molecule has 4 aromatic rings. The number of benzene rings is 4. The summed E-state index contributed by atoms with van der Waals surface area (Å²) in [6.07, 6.45) is 0.0778. The molecule has 162 valence electrons. The first-order chi connectivity index (χ1) is 16.2. The molecule has 5 heteroatoms. The van der Waals surface area contributed by atoms with Gasteiger partial charge in [-0.15, -0.1) is 0 Å². The number of nitrogens with zero attached hydrogens (tertiary/aromatic N) is 2. The summed E-state index contributed by atoms with van der Waals surface area (Å²) in [5.74, 6) is 1.83. The number of halogens is 2. The lowest BCUT2D eigenvalue weighted by Gasteiger charge is -2.36. The zero-order chi connectivity index (χ0) is 22.2. The number of rotatable bonds is 2. The highest BCUT2D eigenvalue weighted by molar-refractivity contribution is 9.10. The van der Waals surface area contributed by atoms with Crippen LogP contribution < -0.4 is 9.64 Å². The summed E-state index contributed by atoms with van der Waals surface area (Å²) < 4.78 is 8.78. The van der Waals surface area contributed by atoms with E-state index in [4.69, 9.17) is 4.74 Å². The monoisotopic (exact) mass is 558 g/mol. The van der Waals surface area contributed by atoms with Gasteiger partial charge < -0.3 is 9.64 Å². The van der Waals surface area contributed by atoms with Crippen LogP contribution in [0.1, 0.15) is 28.9 Å². The molecular formula is C28H20Br2N2O. The molecule has 33 heavy (non-hydrogen) atoms. The predicted molar refractivity (Wildman–Crippen MR) is 138 cm³/mol. The highest BCUT2D eigenvalue weighted by Gasteiger charge is 2.71. The lowest BCUT2D eigenvalue weighted by atomic mass is 9.85. The molecule has 3 aliphatic rings. The van der Waals surface area contributed by atoms with Gasteiger partial charge in [0.1, 0.15) is 11.9 Å². The summed E-state index contributed by atoms with van der Waals surface area (Å²) >= 11 is 7.77. The van der Waals surface area contributed by atoms with E-state index in [1.807, 2.05) is 0 Å². The maximum atomic E-state index is 6.49. The molecule has 0 aromatic heterocycles. The zero-order valence-electron chi connectivity index (χ0n) is 17.7. The van der Waals surface area contributed by atoms with E-state index in [0.29, 0.717) is 0 Å². The first kappa shape index (κ1) is 19.8. The minimum absolute atomic E-state index is 0.0778. The van der Waals surface area contributed by atoms with Crippen LogP contribution in [-0.4, -0.2) is 11.4 Å². The van der Waals surface area contributed by atoms with E-state index >= 15 is 0 Å². The molecule has 4 atom stereocenters. The van der Waals surface area contributed by atoms with Crippen molar-refractivity contribution in [2.75, 3.05) is 11.4 Å². The van der Waals surface area contributed by atoms with Crippen LogP contribution in [0.2, 0.25) is 0 Å². The molecule has 3 heterocycles. The molecule has 3 aliphatic heterocycles. The molecule has 0 spiro atoms. The number of fused-ring (bicyclic) bond motifs is 7. The molecule has 3 nitrogen and oxygen atoms in total. The number of hydrogen-bond acceptors (Lipinski definition) is 3. The lowest BCUT2D eigenvalue weighted by molar-refractivity contribution is 0.396. The Kier molecular flexibility index (Phi) is 4.33. The summed E-state index contributed by atoms with van der Waals surface area (Å²) in [7, 11) is 0. The van der Waals surface area contributed by atoms with E-state index in [9.17, 15) is 0 Å². The average Bonchev–Trinajstić information content (AvgIpc) is 3.53. The molecule has 2 saturated heterocycles. The van der Waals surface area contributed by atoms with E-state index in [1.54, 1.807) is 0 Å². The molecule has 0 amide bonds. The third-order valence-electron chi connectivity index (χ3n) is 7.21. The van der Waals surface area contributed by atoms with Gasteiger partial charge in [0, 0.05) is 21.1 Å². The van der Waals surface area contributed by atoms with Crippen molar-refractivity contribution < 1.29 is 4.74 Å². The fourth-order valence-corrected chi connectivity index (χ4v) is 6.98. The maximum absolute atomic E-state index is 6.49. The van der Waals surface area contributed by atoms with Crippen molar-refractivity contribution in [2.24, 2.45) is 0 Å². The summed E-state index contributed by atoms with van der Waals surface area (Å²) in [6.45, 7) is 0.985. The Labute approximate surface area is 209 Å². The van der Waals surface area contributed by atoms with E-state index in [-0.39, 0.29) is 17.7 Å². The van der Waals surface area contributed by atoms with Crippen LogP contribution >= 0.6 is 31.9 Å². The molecule has 0 aliphatic carbocycles. The Morgan fingerprint density at radius 3 is 2.12 bits per heavy atom. The van der Waals surface area contributed by atoms with Crippen LogP contribution in [0.5, 0.6) is 11.5 Å². The lowest BCUT2D eigenvalue weighted by Crippen LogP contribution is -2.34. The first-order valence-electron chi connectivity index (χ1n) is 11.1. The van der Waals surface area contributed by atoms with Crippen LogP contribution in [0.25, 0.3) is 0 Å². The van der Waals surface area contributed by atoms with E-state index < -0.39 is 0 Å². The average molecular weight is 560 g/mol. The van der Waals surface area contributed by atoms with Crippen LogP contribution in [0.4, 0.5) is 5.69 Å². The van der Waals surface area contributed by atoms with Crippen molar-refractivity contribution >= 4 is 37.5 Å². The molecule has 2 fully saturated rings. The Bertz CT molecular complexity index is 1410. The second kappa shape index (κ2) is 7.20. The van der Waals surface area contributed by atoms with Gasteiger partial charge in [0.05, 0.1) is 17.3 Å². The van der Waals surface area contributed by atoms with Crippen molar-refractivity contribution in [1.29, 1.82) is 0 Å². The Morgan fingerprint density at radius 2 is 1.33 bits per heavy atom. The van der Waals surface area contributed by atoms with Crippen LogP contribution in [0.3, 0.4) is 0 Å². The number of hydrogen-bond donors (Lipinski definition) is 0. The largest absolute Gasteiger partial charge is 0.455 e. The minimum Gasteiger partial charge on any atom is -0.455 e. The quantitative estimate of drug-likeness (QED) is 0.233. The molecule has 1 unspecified atom stereocenters. The highest BCUT2D eigenvalue weighted by atomic mass is 79.9. The standard InChI is InChI=1S/C28H20Br2N2O/c29-21-12-4-1-9-18(21)26-28(20-11-3-5-13-22(20)30)17-31(28)27-19-10-2-7-15-24(19)33-25-16-8-6-14-23(25)32(26)27/h1-16,26-27H,17H2/t26-,27+,28-,31?/m1/s1. The molecule has 4 aromatic carbocycles. The van der Waals surface area contributed by atoms with E-state index in [0.717, 1.165) is 32.7 Å². The normalized spacial score (nSPS) is 26.4. The van der Waals surface area contributed by atoms with Crippen molar-refractivity contribution in [1.82, 2.24) is 4.90 Å². The SMILES string of the molecule is Brc1ccccc1[C@H]1N2c3ccccc3Oc3ccccc3[C@H]2N2C[C@@]12c1ccccc1Br. The second-order valence-electron chi connectivity index (χ2n) is 8.84. The van der Waals surface area contributed by atoms with Crippen molar-refractivity contribution in [3.63, 3.8) is 0 Å². The Balaban J connectivity index is 1.55. The van der Waals surface area contributed by atoms with Crippen LogP contribution in [0.15, 0.2) is 106 Å². The number of para-hydroxylation sites is 3. The van der Waals surface area contributed by atoms with Crippen LogP contribution in [0, 0.1) is 0 Å². The summed E-state index contributed by atoms with van der Waals surface area (Å²) in [4.78, 5) is 5.20. The predicted octanol–water partition coefficient (Wildman–Crippen LogP) is 7.79. The van der Waals surface area contributed by atoms with Gasteiger partial charge in [-0.3, -0.25) is 4.90 Å². The van der Waals surface area contributed by atoms with Gasteiger partial charge in [0.25, 0.3) is 0 Å². The van der Waals surface area contributed by atoms with Gasteiger partial charge >= 0.3 is 0 Å². The van der Waals surface area contributed by atoms with E-state index in [2.05, 4.69) is 139 Å². The van der Waals surface area contributed by atoms with Crippen molar-refractivity contribution in [2.45, 2.75) is 17.7 Å².